The number of aryl methyl sites for hydroxylation is 1. The molecule has 5 heteroatoms. The molecule has 0 heterocycles. The second-order valence-corrected chi connectivity index (χ2v) is 8.83. The van der Waals surface area contributed by atoms with Crippen LogP contribution in [0.2, 0.25) is 0 Å². The molecule has 3 rings (SSSR count). The number of anilines is 2. The summed E-state index contributed by atoms with van der Waals surface area (Å²) in [5.41, 5.74) is 2.68. The van der Waals surface area contributed by atoms with Gasteiger partial charge in [-0.15, -0.1) is 11.8 Å². The van der Waals surface area contributed by atoms with Crippen LogP contribution in [0.15, 0.2) is 53.4 Å². The van der Waals surface area contributed by atoms with Crippen LogP contribution in [0.5, 0.6) is 0 Å². The summed E-state index contributed by atoms with van der Waals surface area (Å²) in [7, 11) is 0. The second-order valence-electron chi connectivity index (χ2n) is 7.42. The largest absolute Gasteiger partial charge is 0.326 e. The first-order valence-corrected chi connectivity index (χ1v) is 10.8. The predicted octanol–water partition coefficient (Wildman–Crippen LogP) is 5.63. The number of carbonyl (C=O) groups is 2. The summed E-state index contributed by atoms with van der Waals surface area (Å²) in [4.78, 5) is 26.0. The highest BCUT2D eigenvalue weighted by atomic mass is 32.2. The highest BCUT2D eigenvalue weighted by molar-refractivity contribution is 8.00. The Morgan fingerprint density at radius 1 is 1.00 bits per heavy atom. The van der Waals surface area contributed by atoms with Gasteiger partial charge in [-0.25, -0.2) is 0 Å². The summed E-state index contributed by atoms with van der Waals surface area (Å²) in [5.74, 6) is 0.215. The normalized spacial score (nSPS) is 15.6. The van der Waals surface area contributed by atoms with Gasteiger partial charge in [-0.1, -0.05) is 43.5 Å². The van der Waals surface area contributed by atoms with Crippen molar-refractivity contribution in [3.8, 4) is 0 Å². The van der Waals surface area contributed by atoms with Gasteiger partial charge in [0.2, 0.25) is 11.8 Å². The van der Waals surface area contributed by atoms with Crippen LogP contribution in [0.3, 0.4) is 0 Å². The molecule has 2 aromatic carbocycles. The molecule has 1 atom stereocenters. The fourth-order valence-corrected chi connectivity index (χ4v) is 4.39. The van der Waals surface area contributed by atoms with Crippen molar-refractivity contribution >= 4 is 35.0 Å². The van der Waals surface area contributed by atoms with Gasteiger partial charge in [-0.05, 0) is 56.5 Å². The van der Waals surface area contributed by atoms with Gasteiger partial charge in [0.25, 0.3) is 0 Å². The van der Waals surface area contributed by atoms with Gasteiger partial charge >= 0.3 is 0 Å². The number of para-hydroxylation sites is 1. The Hall–Kier alpha value is -2.27. The first kappa shape index (κ1) is 20.5. The van der Waals surface area contributed by atoms with Crippen LogP contribution in [0, 0.1) is 12.8 Å². The van der Waals surface area contributed by atoms with Crippen molar-refractivity contribution < 1.29 is 9.59 Å². The Labute approximate surface area is 171 Å². The first-order chi connectivity index (χ1) is 13.5. The van der Waals surface area contributed by atoms with Gasteiger partial charge < -0.3 is 10.6 Å². The average Bonchev–Trinajstić information content (AvgIpc) is 2.70. The molecule has 1 aliphatic carbocycles. The quantitative estimate of drug-likeness (QED) is 0.622. The predicted molar refractivity (Wildman–Crippen MR) is 117 cm³/mol. The van der Waals surface area contributed by atoms with E-state index in [1.54, 1.807) is 0 Å². The lowest BCUT2D eigenvalue weighted by atomic mass is 9.88. The van der Waals surface area contributed by atoms with Crippen molar-refractivity contribution in [2.24, 2.45) is 5.92 Å². The maximum absolute atomic E-state index is 12.5. The van der Waals surface area contributed by atoms with Crippen molar-refractivity contribution in [3.05, 3.63) is 54.1 Å². The number of benzene rings is 2. The lowest BCUT2D eigenvalue weighted by molar-refractivity contribution is -0.120. The van der Waals surface area contributed by atoms with E-state index in [1.165, 1.54) is 18.2 Å². The third-order valence-corrected chi connectivity index (χ3v) is 6.26. The van der Waals surface area contributed by atoms with Gasteiger partial charge in [0.05, 0.1) is 5.25 Å². The van der Waals surface area contributed by atoms with Crippen LogP contribution in [-0.2, 0) is 9.59 Å². The van der Waals surface area contributed by atoms with Gasteiger partial charge in [0.1, 0.15) is 0 Å². The van der Waals surface area contributed by atoms with Crippen LogP contribution in [0.1, 0.15) is 44.6 Å². The molecule has 0 saturated heterocycles. The number of rotatable bonds is 6. The summed E-state index contributed by atoms with van der Waals surface area (Å²) in [6.07, 6.45) is 5.48. The maximum Gasteiger partial charge on any atom is 0.237 e. The number of hydrogen-bond acceptors (Lipinski definition) is 3. The Morgan fingerprint density at radius 2 is 1.75 bits per heavy atom. The summed E-state index contributed by atoms with van der Waals surface area (Å²) in [5, 5.41) is 5.79. The molecule has 0 spiro atoms. The zero-order valence-corrected chi connectivity index (χ0v) is 17.4. The molecule has 1 aliphatic rings. The molecule has 2 aromatic rings. The van der Waals surface area contributed by atoms with Gasteiger partial charge in [0, 0.05) is 22.2 Å². The van der Waals surface area contributed by atoms with E-state index in [2.05, 4.69) is 10.6 Å². The third-order valence-electron chi connectivity index (χ3n) is 5.16. The van der Waals surface area contributed by atoms with Crippen LogP contribution < -0.4 is 10.6 Å². The number of nitrogens with one attached hydrogen (secondary N) is 2. The molecule has 0 bridgehead atoms. The van der Waals surface area contributed by atoms with Crippen molar-refractivity contribution in [3.63, 3.8) is 0 Å². The molecule has 4 nitrogen and oxygen atoms in total. The van der Waals surface area contributed by atoms with E-state index in [0.29, 0.717) is 0 Å². The fraction of sp³-hybridized carbons (Fsp3) is 0.391. The van der Waals surface area contributed by atoms with Crippen molar-refractivity contribution in [2.75, 3.05) is 10.6 Å². The Morgan fingerprint density at radius 3 is 2.50 bits per heavy atom. The summed E-state index contributed by atoms with van der Waals surface area (Å²) < 4.78 is 0. The van der Waals surface area contributed by atoms with E-state index in [4.69, 9.17) is 0 Å². The fourth-order valence-electron chi connectivity index (χ4n) is 3.46. The summed E-state index contributed by atoms with van der Waals surface area (Å²) in [6.45, 7) is 3.87. The third kappa shape index (κ3) is 5.61. The minimum atomic E-state index is -0.246. The van der Waals surface area contributed by atoms with E-state index in [0.717, 1.165) is 47.5 Å². The van der Waals surface area contributed by atoms with Crippen LogP contribution in [0.4, 0.5) is 11.4 Å². The SMILES string of the molecule is Cc1ccccc1NC(=O)C(C)Sc1cccc(NC(=O)C2CCCCC2)c1. The highest BCUT2D eigenvalue weighted by Gasteiger charge is 2.21. The van der Waals surface area contributed by atoms with E-state index in [-0.39, 0.29) is 23.0 Å². The molecular formula is C23H28N2O2S. The molecule has 2 N–H and O–H groups in total. The highest BCUT2D eigenvalue weighted by Crippen LogP contribution is 2.29. The Kier molecular flexibility index (Phi) is 7.15. The Bertz CT molecular complexity index is 831. The van der Waals surface area contributed by atoms with Crippen molar-refractivity contribution in [1.29, 1.82) is 0 Å². The molecule has 0 aromatic heterocycles. The average molecular weight is 397 g/mol. The number of thioether (sulfide) groups is 1. The molecule has 1 unspecified atom stereocenters. The smallest absolute Gasteiger partial charge is 0.237 e. The maximum atomic E-state index is 12.5. The van der Waals surface area contributed by atoms with E-state index >= 15 is 0 Å². The lowest BCUT2D eigenvalue weighted by Crippen LogP contribution is -2.24. The Balaban J connectivity index is 1.58. The van der Waals surface area contributed by atoms with Gasteiger partial charge in [0.15, 0.2) is 0 Å². The first-order valence-electron chi connectivity index (χ1n) is 9.97. The van der Waals surface area contributed by atoms with Crippen LogP contribution in [-0.4, -0.2) is 17.1 Å². The number of hydrogen-bond donors (Lipinski definition) is 2. The van der Waals surface area contributed by atoms with E-state index in [1.807, 2.05) is 62.4 Å². The zero-order chi connectivity index (χ0) is 19.9. The molecule has 1 fully saturated rings. The summed E-state index contributed by atoms with van der Waals surface area (Å²) in [6, 6.07) is 15.5. The van der Waals surface area contributed by atoms with Crippen molar-refractivity contribution in [1.82, 2.24) is 0 Å². The molecule has 148 valence electrons. The number of amides is 2. The molecule has 2 amide bonds. The van der Waals surface area contributed by atoms with E-state index < -0.39 is 0 Å². The number of carbonyl (C=O) groups excluding carboxylic acids is 2. The van der Waals surface area contributed by atoms with Gasteiger partial charge in [-0.3, -0.25) is 9.59 Å². The van der Waals surface area contributed by atoms with Crippen LogP contribution >= 0.6 is 11.8 Å². The van der Waals surface area contributed by atoms with Gasteiger partial charge in [-0.2, -0.15) is 0 Å². The minimum Gasteiger partial charge on any atom is -0.326 e. The summed E-state index contributed by atoms with van der Waals surface area (Å²) >= 11 is 1.49. The second kappa shape index (κ2) is 9.78. The lowest BCUT2D eigenvalue weighted by Gasteiger charge is -2.21. The molecular weight excluding hydrogens is 368 g/mol. The topological polar surface area (TPSA) is 58.2 Å². The molecule has 0 aliphatic heterocycles. The van der Waals surface area contributed by atoms with Crippen molar-refractivity contribution in [2.45, 2.75) is 56.1 Å². The zero-order valence-electron chi connectivity index (χ0n) is 16.5. The molecule has 0 radical (unpaired) electrons. The standard InChI is InChI=1S/C23H28N2O2S/c1-16-9-6-7-14-21(16)25-22(26)17(2)28-20-13-8-12-19(15-20)24-23(27)18-10-4-3-5-11-18/h6-9,12-15,17-18H,3-5,10-11H2,1-2H3,(H,24,27)(H,25,26). The molecule has 1 saturated carbocycles. The van der Waals surface area contributed by atoms with E-state index in [9.17, 15) is 9.59 Å². The monoisotopic (exact) mass is 396 g/mol. The minimum absolute atomic E-state index is 0.0315. The van der Waals surface area contributed by atoms with Crippen LogP contribution in [0.25, 0.3) is 0 Å². The molecule has 28 heavy (non-hydrogen) atoms.